The van der Waals surface area contributed by atoms with E-state index >= 15 is 0 Å². The monoisotopic (exact) mass is 332 g/mol. The maximum absolute atomic E-state index is 12.4. The number of carbonyl (C=O) groups excluding carboxylic acids is 2. The van der Waals surface area contributed by atoms with Crippen molar-refractivity contribution in [1.82, 2.24) is 5.32 Å². The molecular formula is C18H24N2O4. The Balaban J connectivity index is 2.12. The van der Waals surface area contributed by atoms with Crippen LogP contribution in [0.3, 0.4) is 0 Å². The van der Waals surface area contributed by atoms with Crippen LogP contribution in [0.4, 0.5) is 5.69 Å². The fraction of sp³-hybridized carbons (Fsp3) is 0.500. The van der Waals surface area contributed by atoms with E-state index in [1.165, 1.54) is 6.92 Å². The highest BCUT2D eigenvalue weighted by Gasteiger charge is 2.35. The molecule has 2 rings (SSSR count). The number of benzene rings is 1. The van der Waals surface area contributed by atoms with Crippen LogP contribution in [-0.4, -0.2) is 36.0 Å². The molecule has 0 aromatic heterocycles. The Labute approximate surface area is 141 Å². The van der Waals surface area contributed by atoms with Gasteiger partial charge in [-0.1, -0.05) is 13.8 Å². The van der Waals surface area contributed by atoms with Crippen LogP contribution >= 0.6 is 0 Å². The van der Waals surface area contributed by atoms with Gasteiger partial charge in [0.15, 0.2) is 0 Å². The van der Waals surface area contributed by atoms with Crippen molar-refractivity contribution < 1.29 is 19.5 Å². The molecule has 2 N–H and O–H groups in total. The van der Waals surface area contributed by atoms with E-state index in [0.29, 0.717) is 24.9 Å². The summed E-state index contributed by atoms with van der Waals surface area (Å²) in [4.78, 5) is 37.1. The van der Waals surface area contributed by atoms with E-state index in [9.17, 15) is 19.5 Å². The van der Waals surface area contributed by atoms with Gasteiger partial charge in [0.2, 0.25) is 5.91 Å². The number of nitrogens with one attached hydrogen (secondary N) is 1. The number of rotatable bonds is 6. The average molecular weight is 332 g/mol. The molecule has 2 amide bonds. The minimum Gasteiger partial charge on any atom is -0.481 e. The zero-order valence-electron chi connectivity index (χ0n) is 14.4. The molecule has 0 unspecified atom stereocenters. The van der Waals surface area contributed by atoms with Gasteiger partial charge in [-0.2, -0.15) is 0 Å². The van der Waals surface area contributed by atoms with Gasteiger partial charge in [0, 0.05) is 31.3 Å². The van der Waals surface area contributed by atoms with E-state index in [1.54, 1.807) is 23.1 Å². The lowest BCUT2D eigenvalue weighted by molar-refractivity contribution is -0.149. The fourth-order valence-electron chi connectivity index (χ4n) is 3.10. The molecule has 1 aromatic carbocycles. The lowest BCUT2D eigenvalue weighted by Gasteiger charge is -2.26. The highest BCUT2D eigenvalue weighted by Crippen LogP contribution is 2.29. The molecule has 24 heavy (non-hydrogen) atoms. The molecule has 0 atom stereocenters. The summed E-state index contributed by atoms with van der Waals surface area (Å²) in [6, 6.07) is 5.24. The van der Waals surface area contributed by atoms with Crippen molar-refractivity contribution in [2.24, 2.45) is 5.41 Å². The third-order valence-corrected chi connectivity index (χ3v) is 5.01. The molecule has 0 spiro atoms. The molecule has 0 saturated heterocycles. The standard InChI is InChI=1S/C18H24N2O4/c1-4-18(5-2,17(23)24)11-19-16(22)14-6-7-15-13(10-14)8-9-20(15)12(3)21/h6-7,10H,4-5,8-9,11H2,1-3H3,(H,19,22)(H,23,24). The smallest absolute Gasteiger partial charge is 0.311 e. The summed E-state index contributed by atoms with van der Waals surface area (Å²) in [6.07, 6.45) is 1.63. The number of carboxylic acids is 1. The molecule has 0 bridgehead atoms. The lowest BCUT2D eigenvalue weighted by atomic mass is 9.82. The SMILES string of the molecule is CCC(CC)(CNC(=O)c1ccc2c(c1)CCN2C(C)=O)C(=O)O. The highest BCUT2D eigenvalue weighted by atomic mass is 16.4. The summed E-state index contributed by atoms with van der Waals surface area (Å²) >= 11 is 0. The largest absolute Gasteiger partial charge is 0.481 e. The van der Waals surface area contributed by atoms with E-state index in [2.05, 4.69) is 5.32 Å². The van der Waals surface area contributed by atoms with Crippen LogP contribution in [0.5, 0.6) is 0 Å². The van der Waals surface area contributed by atoms with Crippen LogP contribution in [0.15, 0.2) is 18.2 Å². The molecule has 0 saturated carbocycles. The first kappa shape index (κ1) is 18.0. The Bertz CT molecular complexity index is 665. The summed E-state index contributed by atoms with van der Waals surface area (Å²) in [5.74, 6) is -1.19. The van der Waals surface area contributed by atoms with Crippen molar-refractivity contribution in [1.29, 1.82) is 0 Å². The predicted octanol–water partition coefficient (Wildman–Crippen LogP) is 2.22. The summed E-state index contributed by atoms with van der Waals surface area (Å²) in [5, 5.41) is 12.2. The fourth-order valence-corrected chi connectivity index (χ4v) is 3.10. The second-order valence-electron chi connectivity index (χ2n) is 6.24. The van der Waals surface area contributed by atoms with Gasteiger partial charge in [0.05, 0.1) is 5.41 Å². The van der Waals surface area contributed by atoms with Crippen LogP contribution in [0, 0.1) is 5.41 Å². The number of hydrogen-bond acceptors (Lipinski definition) is 3. The summed E-state index contributed by atoms with van der Waals surface area (Å²) in [7, 11) is 0. The minimum atomic E-state index is -0.933. The summed E-state index contributed by atoms with van der Waals surface area (Å²) in [6.45, 7) is 5.89. The number of amides is 2. The van der Waals surface area contributed by atoms with E-state index < -0.39 is 11.4 Å². The second-order valence-corrected chi connectivity index (χ2v) is 6.24. The Morgan fingerprint density at radius 3 is 2.46 bits per heavy atom. The quantitative estimate of drug-likeness (QED) is 0.836. The molecule has 0 fully saturated rings. The molecule has 1 heterocycles. The summed E-state index contributed by atoms with van der Waals surface area (Å²) < 4.78 is 0. The van der Waals surface area contributed by atoms with Crippen molar-refractivity contribution in [2.45, 2.75) is 40.0 Å². The maximum Gasteiger partial charge on any atom is 0.311 e. The van der Waals surface area contributed by atoms with Gasteiger partial charge in [-0.3, -0.25) is 14.4 Å². The third-order valence-electron chi connectivity index (χ3n) is 5.01. The average Bonchev–Trinajstić information content (AvgIpc) is 2.99. The van der Waals surface area contributed by atoms with Gasteiger partial charge in [-0.25, -0.2) is 0 Å². The lowest BCUT2D eigenvalue weighted by Crippen LogP contribution is -2.42. The number of carbonyl (C=O) groups is 3. The van der Waals surface area contributed by atoms with Gasteiger partial charge in [0.25, 0.3) is 5.91 Å². The number of aliphatic carboxylic acids is 1. The van der Waals surface area contributed by atoms with Gasteiger partial charge >= 0.3 is 5.97 Å². The van der Waals surface area contributed by atoms with E-state index in [0.717, 1.165) is 17.7 Å². The minimum absolute atomic E-state index is 0.0110. The van der Waals surface area contributed by atoms with Crippen LogP contribution in [0.1, 0.15) is 49.5 Å². The summed E-state index contributed by atoms with van der Waals surface area (Å²) in [5.41, 5.74) is 1.37. The normalized spacial score (nSPS) is 13.5. The zero-order valence-corrected chi connectivity index (χ0v) is 14.4. The zero-order chi connectivity index (χ0) is 17.9. The van der Waals surface area contributed by atoms with E-state index in [4.69, 9.17) is 0 Å². The van der Waals surface area contributed by atoms with Crippen molar-refractivity contribution in [3.05, 3.63) is 29.3 Å². The number of hydrogen-bond donors (Lipinski definition) is 2. The number of carboxylic acid groups (broad SMARTS) is 1. The molecule has 0 aliphatic carbocycles. The van der Waals surface area contributed by atoms with Crippen molar-refractivity contribution >= 4 is 23.5 Å². The van der Waals surface area contributed by atoms with Gasteiger partial charge < -0.3 is 15.3 Å². The van der Waals surface area contributed by atoms with Crippen molar-refractivity contribution in [3.63, 3.8) is 0 Å². The Hall–Kier alpha value is -2.37. The Morgan fingerprint density at radius 2 is 1.92 bits per heavy atom. The van der Waals surface area contributed by atoms with E-state index in [1.807, 2.05) is 13.8 Å². The highest BCUT2D eigenvalue weighted by molar-refractivity contribution is 5.98. The van der Waals surface area contributed by atoms with Crippen LogP contribution in [-0.2, 0) is 16.0 Å². The van der Waals surface area contributed by atoms with Crippen LogP contribution in [0.25, 0.3) is 0 Å². The third kappa shape index (κ3) is 3.27. The number of fused-ring (bicyclic) bond motifs is 1. The molecule has 1 aliphatic rings. The molecular weight excluding hydrogens is 308 g/mol. The van der Waals surface area contributed by atoms with Gasteiger partial charge in [0.1, 0.15) is 0 Å². The molecule has 0 radical (unpaired) electrons. The van der Waals surface area contributed by atoms with Gasteiger partial charge in [-0.05, 0) is 43.0 Å². The number of anilines is 1. The first-order valence-electron chi connectivity index (χ1n) is 8.27. The second kappa shape index (κ2) is 7.03. The molecule has 1 aromatic rings. The Kier molecular flexibility index (Phi) is 5.26. The van der Waals surface area contributed by atoms with Gasteiger partial charge in [-0.15, -0.1) is 0 Å². The first-order valence-corrected chi connectivity index (χ1v) is 8.27. The molecule has 130 valence electrons. The molecule has 6 nitrogen and oxygen atoms in total. The topological polar surface area (TPSA) is 86.7 Å². The van der Waals surface area contributed by atoms with Crippen molar-refractivity contribution in [2.75, 3.05) is 18.0 Å². The first-order chi connectivity index (χ1) is 11.3. The predicted molar refractivity (Wildman–Crippen MR) is 91.2 cm³/mol. The molecule has 1 aliphatic heterocycles. The van der Waals surface area contributed by atoms with E-state index in [-0.39, 0.29) is 18.4 Å². The Morgan fingerprint density at radius 1 is 1.25 bits per heavy atom. The van der Waals surface area contributed by atoms with Crippen LogP contribution < -0.4 is 10.2 Å². The maximum atomic E-state index is 12.4. The van der Waals surface area contributed by atoms with Crippen molar-refractivity contribution in [3.8, 4) is 0 Å². The van der Waals surface area contributed by atoms with Crippen LogP contribution in [0.2, 0.25) is 0 Å². The molecule has 6 heteroatoms. The number of nitrogens with zero attached hydrogens (tertiary/aromatic N) is 1.